The second-order valence-electron chi connectivity index (χ2n) is 5.63. The van der Waals surface area contributed by atoms with Crippen molar-refractivity contribution in [3.05, 3.63) is 34.1 Å². The third-order valence-electron chi connectivity index (χ3n) is 3.45. The molecule has 1 rings (SSSR count). The molecule has 140 valence electrons. The summed E-state index contributed by atoms with van der Waals surface area (Å²) in [5.74, 6) is 0.527. The Hall–Kier alpha value is -1.63. The van der Waals surface area contributed by atoms with Gasteiger partial charge in [-0.05, 0) is 43.9 Å². The van der Waals surface area contributed by atoms with Gasteiger partial charge in [-0.3, -0.25) is 9.79 Å². The number of guanidine groups is 1. The molecule has 25 heavy (non-hydrogen) atoms. The van der Waals surface area contributed by atoms with Gasteiger partial charge in [-0.2, -0.15) is 0 Å². The Morgan fingerprint density at radius 2 is 2.00 bits per heavy atom. The highest BCUT2D eigenvalue weighted by atomic mass is 79.9. The average Bonchev–Trinajstić information content (AvgIpc) is 2.58. The van der Waals surface area contributed by atoms with Crippen molar-refractivity contribution in [2.45, 2.75) is 39.5 Å². The lowest BCUT2D eigenvalue weighted by Crippen LogP contribution is -2.39. The van der Waals surface area contributed by atoms with E-state index < -0.39 is 0 Å². The number of aryl methyl sites for hydroxylation is 1. The van der Waals surface area contributed by atoms with Crippen LogP contribution in [0, 0.1) is 5.82 Å². The number of nitrogens with zero attached hydrogens (tertiary/aromatic N) is 1. The Bertz CT molecular complexity index is 566. The van der Waals surface area contributed by atoms with E-state index in [4.69, 9.17) is 0 Å². The minimum atomic E-state index is -0.193. The molecule has 0 fully saturated rings. The lowest BCUT2D eigenvalue weighted by Gasteiger charge is -2.11. The Kier molecular flexibility index (Phi) is 10.9. The fourth-order valence-electron chi connectivity index (χ4n) is 2.17. The summed E-state index contributed by atoms with van der Waals surface area (Å²) < 4.78 is 14.5. The first-order valence-corrected chi connectivity index (χ1v) is 9.58. The zero-order valence-corrected chi connectivity index (χ0v) is 16.6. The van der Waals surface area contributed by atoms with Gasteiger partial charge in [0.2, 0.25) is 5.91 Å². The van der Waals surface area contributed by atoms with Gasteiger partial charge in [0.05, 0.1) is 0 Å². The molecule has 0 spiro atoms. The quantitative estimate of drug-likeness (QED) is 0.313. The van der Waals surface area contributed by atoms with Crippen LogP contribution in [0.3, 0.4) is 0 Å². The Labute approximate surface area is 158 Å². The molecule has 1 aromatic carbocycles. The van der Waals surface area contributed by atoms with E-state index in [9.17, 15) is 9.18 Å². The lowest BCUT2D eigenvalue weighted by atomic mass is 10.1. The fourth-order valence-corrected chi connectivity index (χ4v) is 2.51. The molecule has 5 nitrogen and oxygen atoms in total. The SMILES string of the molecule is CCCNC(=O)CCNC(=NCCCc1ccc(Br)cc1F)NCC. The van der Waals surface area contributed by atoms with E-state index >= 15 is 0 Å². The van der Waals surface area contributed by atoms with Crippen molar-refractivity contribution >= 4 is 27.8 Å². The molecule has 1 amide bonds. The number of hydrogen-bond donors (Lipinski definition) is 3. The van der Waals surface area contributed by atoms with Crippen LogP contribution in [0.15, 0.2) is 27.7 Å². The van der Waals surface area contributed by atoms with E-state index in [2.05, 4.69) is 36.9 Å². The average molecular weight is 415 g/mol. The van der Waals surface area contributed by atoms with Crippen molar-refractivity contribution in [2.75, 3.05) is 26.2 Å². The monoisotopic (exact) mass is 414 g/mol. The topological polar surface area (TPSA) is 65.5 Å². The minimum Gasteiger partial charge on any atom is -0.357 e. The number of aliphatic imine (C=N–C) groups is 1. The van der Waals surface area contributed by atoms with Crippen molar-refractivity contribution < 1.29 is 9.18 Å². The molecule has 0 saturated heterocycles. The maximum atomic E-state index is 13.8. The fraction of sp³-hybridized carbons (Fsp3) is 0.556. The van der Waals surface area contributed by atoms with E-state index in [-0.39, 0.29) is 11.7 Å². The highest BCUT2D eigenvalue weighted by Crippen LogP contribution is 2.16. The molecule has 0 bridgehead atoms. The molecule has 0 aliphatic carbocycles. The van der Waals surface area contributed by atoms with Gasteiger partial charge in [-0.25, -0.2) is 4.39 Å². The van der Waals surface area contributed by atoms with Crippen molar-refractivity contribution in [3.63, 3.8) is 0 Å². The van der Waals surface area contributed by atoms with Crippen molar-refractivity contribution in [1.82, 2.24) is 16.0 Å². The van der Waals surface area contributed by atoms with Gasteiger partial charge in [-0.15, -0.1) is 0 Å². The Morgan fingerprint density at radius 3 is 2.68 bits per heavy atom. The summed E-state index contributed by atoms with van der Waals surface area (Å²) in [5.41, 5.74) is 0.698. The second-order valence-corrected chi connectivity index (χ2v) is 6.54. The van der Waals surface area contributed by atoms with Crippen molar-refractivity contribution in [1.29, 1.82) is 0 Å². The summed E-state index contributed by atoms with van der Waals surface area (Å²) in [6.45, 7) is 6.58. The summed E-state index contributed by atoms with van der Waals surface area (Å²) in [4.78, 5) is 16.0. The molecule has 0 heterocycles. The molecule has 0 atom stereocenters. The largest absolute Gasteiger partial charge is 0.357 e. The number of halogens is 2. The number of nitrogens with one attached hydrogen (secondary N) is 3. The third kappa shape index (κ3) is 9.43. The molecule has 0 unspecified atom stereocenters. The first-order valence-electron chi connectivity index (χ1n) is 8.79. The molecule has 0 radical (unpaired) electrons. The second kappa shape index (κ2) is 12.7. The summed E-state index contributed by atoms with van der Waals surface area (Å²) in [7, 11) is 0. The van der Waals surface area contributed by atoms with E-state index in [1.165, 1.54) is 6.07 Å². The van der Waals surface area contributed by atoms with Crippen LogP contribution in [0.2, 0.25) is 0 Å². The van der Waals surface area contributed by atoms with Crippen LogP contribution in [-0.4, -0.2) is 38.0 Å². The molecule has 0 aliphatic rings. The standard InChI is InChI=1S/C18H28BrFN4O/c1-3-10-22-17(25)9-12-24-18(21-4-2)23-11-5-6-14-7-8-15(19)13-16(14)20/h7-8,13H,3-6,9-12H2,1-2H3,(H,22,25)(H2,21,23,24). The predicted molar refractivity (Wildman–Crippen MR) is 104 cm³/mol. The maximum Gasteiger partial charge on any atom is 0.221 e. The number of carbonyl (C=O) groups excluding carboxylic acids is 1. The molecular formula is C18H28BrFN4O. The summed E-state index contributed by atoms with van der Waals surface area (Å²) in [6.07, 6.45) is 2.74. The third-order valence-corrected chi connectivity index (χ3v) is 3.94. The van der Waals surface area contributed by atoms with Gasteiger partial charge in [0, 0.05) is 37.1 Å². The van der Waals surface area contributed by atoms with Crippen LogP contribution in [0.1, 0.15) is 38.7 Å². The van der Waals surface area contributed by atoms with Crippen LogP contribution in [-0.2, 0) is 11.2 Å². The first kappa shape index (κ1) is 21.4. The van der Waals surface area contributed by atoms with Crippen LogP contribution in [0.4, 0.5) is 4.39 Å². The van der Waals surface area contributed by atoms with Crippen LogP contribution in [0.25, 0.3) is 0 Å². The highest BCUT2D eigenvalue weighted by molar-refractivity contribution is 9.10. The zero-order chi connectivity index (χ0) is 18.5. The number of rotatable bonds is 10. The van der Waals surface area contributed by atoms with Gasteiger partial charge in [0.25, 0.3) is 0 Å². The number of carbonyl (C=O) groups is 1. The zero-order valence-electron chi connectivity index (χ0n) is 15.0. The van der Waals surface area contributed by atoms with E-state index in [0.29, 0.717) is 44.0 Å². The first-order chi connectivity index (χ1) is 12.1. The minimum absolute atomic E-state index is 0.0379. The molecule has 7 heteroatoms. The van der Waals surface area contributed by atoms with E-state index in [1.54, 1.807) is 6.07 Å². The van der Waals surface area contributed by atoms with Crippen LogP contribution < -0.4 is 16.0 Å². The summed E-state index contributed by atoms with van der Waals surface area (Å²) >= 11 is 3.26. The van der Waals surface area contributed by atoms with Gasteiger partial charge < -0.3 is 16.0 Å². The van der Waals surface area contributed by atoms with Crippen LogP contribution in [0.5, 0.6) is 0 Å². The van der Waals surface area contributed by atoms with Gasteiger partial charge >= 0.3 is 0 Å². The molecule has 1 aromatic rings. The summed E-state index contributed by atoms with van der Waals surface area (Å²) in [5, 5.41) is 9.13. The van der Waals surface area contributed by atoms with E-state index in [1.807, 2.05) is 19.9 Å². The smallest absolute Gasteiger partial charge is 0.221 e. The summed E-state index contributed by atoms with van der Waals surface area (Å²) in [6, 6.07) is 5.12. The van der Waals surface area contributed by atoms with Gasteiger partial charge in [-0.1, -0.05) is 28.9 Å². The molecule has 0 saturated carbocycles. The Morgan fingerprint density at radius 1 is 1.20 bits per heavy atom. The predicted octanol–water partition coefficient (Wildman–Crippen LogP) is 2.99. The molecule has 0 aromatic heterocycles. The Balaban J connectivity index is 2.35. The molecule has 0 aliphatic heterocycles. The number of hydrogen-bond acceptors (Lipinski definition) is 2. The lowest BCUT2D eigenvalue weighted by molar-refractivity contribution is -0.120. The van der Waals surface area contributed by atoms with Crippen LogP contribution >= 0.6 is 15.9 Å². The normalized spacial score (nSPS) is 11.3. The van der Waals surface area contributed by atoms with E-state index in [0.717, 1.165) is 23.9 Å². The maximum absolute atomic E-state index is 13.8. The van der Waals surface area contributed by atoms with Crippen molar-refractivity contribution in [2.24, 2.45) is 4.99 Å². The molecule has 3 N–H and O–H groups in total. The number of benzene rings is 1. The highest BCUT2D eigenvalue weighted by Gasteiger charge is 2.04. The van der Waals surface area contributed by atoms with Gasteiger partial charge in [0.15, 0.2) is 5.96 Å². The number of amides is 1. The van der Waals surface area contributed by atoms with Gasteiger partial charge in [0.1, 0.15) is 5.82 Å². The molecular weight excluding hydrogens is 387 g/mol. The van der Waals surface area contributed by atoms with Crippen molar-refractivity contribution in [3.8, 4) is 0 Å².